The number of nitrogens with zero attached hydrogens (tertiary/aromatic N) is 3. The lowest BCUT2D eigenvalue weighted by molar-refractivity contribution is 0.0543. The average molecular weight is 347 g/mol. The molecule has 1 aromatic heterocycles. The zero-order chi connectivity index (χ0) is 16.7. The maximum Gasteiger partial charge on any atom is 0.272 e. The van der Waals surface area contributed by atoms with E-state index in [4.69, 9.17) is 0 Å². The van der Waals surface area contributed by atoms with Crippen LogP contribution < -0.4 is 5.32 Å². The quantitative estimate of drug-likeness (QED) is 0.910. The molecule has 1 atom stereocenters. The number of aromatic nitrogens is 2. The third-order valence-corrected chi connectivity index (χ3v) is 7.43. The molecule has 1 aromatic rings. The van der Waals surface area contributed by atoms with Crippen molar-refractivity contribution in [2.45, 2.75) is 62.8 Å². The Kier molecular flexibility index (Phi) is 4.29. The van der Waals surface area contributed by atoms with E-state index in [1.165, 1.54) is 44.2 Å². The molecule has 1 unspecified atom stereocenters. The minimum atomic E-state index is 0.0661. The summed E-state index contributed by atoms with van der Waals surface area (Å²) in [7, 11) is 0. The number of hydrogen-bond donors (Lipinski definition) is 1. The summed E-state index contributed by atoms with van der Waals surface area (Å²) in [4.78, 5) is 23.0. The Morgan fingerprint density at radius 1 is 1.25 bits per heavy atom. The van der Waals surface area contributed by atoms with Crippen LogP contribution >= 0.6 is 11.8 Å². The zero-order valence-corrected chi connectivity index (χ0v) is 15.4. The van der Waals surface area contributed by atoms with Crippen LogP contribution in [0, 0.1) is 13.8 Å². The summed E-state index contributed by atoms with van der Waals surface area (Å²) in [6.07, 6.45) is 8.12. The smallest absolute Gasteiger partial charge is 0.272 e. The highest BCUT2D eigenvalue weighted by Crippen LogP contribution is 2.45. The van der Waals surface area contributed by atoms with Gasteiger partial charge in [-0.25, -0.2) is 9.97 Å². The first-order valence-electron chi connectivity index (χ1n) is 9.04. The van der Waals surface area contributed by atoms with Crippen LogP contribution in [0.1, 0.15) is 53.8 Å². The molecule has 2 aliphatic heterocycles. The minimum Gasteiger partial charge on any atom is -0.334 e. The van der Waals surface area contributed by atoms with Gasteiger partial charge in [-0.3, -0.25) is 4.79 Å². The van der Waals surface area contributed by atoms with Crippen molar-refractivity contribution >= 4 is 17.7 Å². The van der Waals surface area contributed by atoms with E-state index in [0.717, 1.165) is 30.4 Å². The van der Waals surface area contributed by atoms with Crippen LogP contribution in [0.25, 0.3) is 0 Å². The Balaban J connectivity index is 1.34. The highest BCUT2D eigenvalue weighted by atomic mass is 32.2. The van der Waals surface area contributed by atoms with Gasteiger partial charge in [-0.05, 0) is 33.1 Å². The van der Waals surface area contributed by atoms with Gasteiger partial charge in [0.25, 0.3) is 5.91 Å². The summed E-state index contributed by atoms with van der Waals surface area (Å²) >= 11 is 2.06. The number of carbonyl (C=O) groups is 1. The van der Waals surface area contributed by atoms with E-state index in [2.05, 4.69) is 27.0 Å². The van der Waals surface area contributed by atoms with Crippen LogP contribution in [0.15, 0.2) is 6.33 Å². The van der Waals surface area contributed by atoms with E-state index in [1.54, 1.807) is 0 Å². The maximum absolute atomic E-state index is 12.7. The lowest BCUT2D eigenvalue weighted by Gasteiger charge is -2.47. The summed E-state index contributed by atoms with van der Waals surface area (Å²) in [6, 6.07) is 1.36. The van der Waals surface area contributed by atoms with Gasteiger partial charge in [0.15, 0.2) is 0 Å². The van der Waals surface area contributed by atoms with Crippen molar-refractivity contribution in [3.05, 3.63) is 23.3 Å². The second-order valence-electron chi connectivity index (χ2n) is 7.64. The molecule has 130 valence electrons. The van der Waals surface area contributed by atoms with Crippen LogP contribution in [-0.4, -0.2) is 56.4 Å². The second-order valence-corrected chi connectivity index (χ2v) is 9.13. The van der Waals surface area contributed by atoms with E-state index in [1.807, 2.05) is 18.7 Å². The van der Waals surface area contributed by atoms with Crippen molar-refractivity contribution in [3.63, 3.8) is 0 Å². The van der Waals surface area contributed by atoms with Crippen molar-refractivity contribution in [2.75, 3.05) is 18.8 Å². The number of aryl methyl sites for hydroxylation is 1. The van der Waals surface area contributed by atoms with Gasteiger partial charge in [0.2, 0.25) is 0 Å². The monoisotopic (exact) mass is 346 g/mol. The van der Waals surface area contributed by atoms with Crippen LogP contribution in [0.5, 0.6) is 0 Å². The third kappa shape index (κ3) is 2.94. The molecule has 0 bridgehead atoms. The zero-order valence-electron chi connectivity index (χ0n) is 14.5. The van der Waals surface area contributed by atoms with Crippen molar-refractivity contribution in [1.29, 1.82) is 0 Å². The van der Waals surface area contributed by atoms with E-state index >= 15 is 0 Å². The highest BCUT2D eigenvalue weighted by Gasteiger charge is 2.51. The Morgan fingerprint density at radius 3 is 2.75 bits per heavy atom. The van der Waals surface area contributed by atoms with Gasteiger partial charge in [0.1, 0.15) is 12.0 Å². The molecule has 3 fully saturated rings. The molecule has 1 amide bonds. The van der Waals surface area contributed by atoms with E-state index in [0.29, 0.717) is 11.7 Å². The molecule has 1 aliphatic carbocycles. The number of thioether (sulfide) groups is 1. The fraction of sp³-hybridized carbons (Fsp3) is 0.722. The number of likely N-dealkylation sites (tertiary alicyclic amines) is 1. The molecule has 0 radical (unpaired) electrons. The molecule has 1 N–H and O–H groups in total. The normalized spacial score (nSPS) is 26.1. The van der Waals surface area contributed by atoms with Crippen LogP contribution in [0.4, 0.5) is 0 Å². The largest absolute Gasteiger partial charge is 0.334 e. The maximum atomic E-state index is 12.7. The highest BCUT2D eigenvalue weighted by molar-refractivity contribution is 8.01. The molecule has 0 aromatic carbocycles. The van der Waals surface area contributed by atoms with E-state index < -0.39 is 0 Å². The van der Waals surface area contributed by atoms with Gasteiger partial charge < -0.3 is 10.2 Å². The van der Waals surface area contributed by atoms with Crippen molar-refractivity contribution in [1.82, 2.24) is 20.2 Å². The fourth-order valence-electron chi connectivity index (χ4n) is 4.29. The molecule has 24 heavy (non-hydrogen) atoms. The van der Waals surface area contributed by atoms with Crippen molar-refractivity contribution in [2.24, 2.45) is 0 Å². The molecular formula is C18H26N4OS. The molecule has 2 saturated heterocycles. The first kappa shape index (κ1) is 16.3. The standard InChI is InChI=1S/C18H26N4OS/c1-12-13(2)19-11-20-16(12)17(23)22-9-18(10-22)7-15(8-24-18)21-14-5-3-4-6-14/h11,14-15,21H,3-10H2,1-2H3. The Labute approximate surface area is 148 Å². The number of carbonyl (C=O) groups excluding carboxylic acids is 1. The fourth-order valence-corrected chi connectivity index (χ4v) is 5.88. The van der Waals surface area contributed by atoms with Crippen LogP contribution in [-0.2, 0) is 0 Å². The number of hydrogen-bond acceptors (Lipinski definition) is 5. The lowest BCUT2D eigenvalue weighted by atomic mass is 9.91. The van der Waals surface area contributed by atoms with Crippen LogP contribution in [0.2, 0.25) is 0 Å². The minimum absolute atomic E-state index is 0.0661. The van der Waals surface area contributed by atoms with Gasteiger partial charge >= 0.3 is 0 Å². The molecule has 5 nitrogen and oxygen atoms in total. The second kappa shape index (κ2) is 6.30. The Morgan fingerprint density at radius 2 is 2.00 bits per heavy atom. The van der Waals surface area contributed by atoms with E-state index in [9.17, 15) is 4.79 Å². The van der Waals surface area contributed by atoms with Gasteiger partial charge in [-0.2, -0.15) is 0 Å². The predicted octanol–water partition coefficient (Wildman–Crippen LogP) is 2.33. The summed E-state index contributed by atoms with van der Waals surface area (Å²) in [5.74, 6) is 1.25. The van der Waals surface area contributed by atoms with Crippen molar-refractivity contribution in [3.8, 4) is 0 Å². The molecule has 4 rings (SSSR count). The summed E-state index contributed by atoms with van der Waals surface area (Å²) < 4.78 is 0.280. The first-order chi connectivity index (χ1) is 11.6. The lowest BCUT2D eigenvalue weighted by Crippen LogP contribution is -2.61. The average Bonchev–Trinajstić information content (AvgIpc) is 3.18. The third-order valence-electron chi connectivity index (χ3n) is 5.82. The number of amides is 1. The van der Waals surface area contributed by atoms with Crippen LogP contribution in [0.3, 0.4) is 0 Å². The predicted molar refractivity (Wildman–Crippen MR) is 96.4 cm³/mol. The summed E-state index contributed by atoms with van der Waals surface area (Å²) in [6.45, 7) is 5.59. The molecule has 3 heterocycles. The molecule has 1 saturated carbocycles. The Bertz CT molecular complexity index is 638. The first-order valence-corrected chi connectivity index (χ1v) is 10.0. The summed E-state index contributed by atoms with van der Waals surface area (Å²) in [5.41, 5.74) is 2.36. The van der Waals surface area contributed by atoms with Gasteiger partial charge in [-0.15, -0.1) is 11.8 Å². The molecular weight excluding hydrogens is 320 g/mol. The van der Waals surface area contributed by atoms with Gasteiger partial charge in [0.05, 0.1) is 4.75 Å². The summed E-state index contributed by atoms with van der Waals surface area (Å²) in [5, 5.41) is 3.85. The topological polar surface area (TPSA) is 58.1 Å². The number of rotatable bonds is 3. The van der Waals surface area contributed by atoms with Gasteiger partial charge in [-0.1, -0.05) is 12.8 Å². The van der Waals surface area contributed by atoms with E-state index in [-0.39, 0.29) is 10.7 Å². The molecule has 3 aliphatic rings. The Hall–Kier alpha value is -1.14. The molecule has 1 spiro atoms. The van der Waals surface area contributed by atoms with Crippen molar-refractivity contribution < 1.29 is 4.79 Å². The SMILES string of the molecule is Cc1ncnc(C(=O)N2CC3(CC(NC4CCCC4)CS3)C2)c1C. The van der Waals surface area contributed by atoms with Gasteiger partial charge in [0, 0.05) is 42.2 Å². The molecule has 6 heteroatoms. The number of nitrogens with one attached hydrogen (secondary N) is 1.